The van der Waals surface area contributed by atoms with Crippen LogP contribution in [0.25, 0.3) is 6.08 Å². The van der Waals surface area contributed by atoms with E-state index < -0.39 is 0 Å². The van der Waals surface area contributed by atoms with Crippen molar-refractivity contribution in [3.8, 4) is 0 Å². The van der Waals surface area contributed by atoms with Crippen LogP contribution < -0.4 is 10.6 Å². The third-order valence-corrected chi connectivity index (χ3v) is 4.01. The molecule has 0 bridgehead atoms. The summed E-state index contributed by atoms with van der Waals surface area (Å²) in [7, 11) is 0. The molecule has 2 N–H and O–H groups in total. The van der Waals surface area contributed by atoms with Crippen molar-refractivity contribution >= 4 is 46.8 Å². The van der Waals surface area contributed by atoms with Crippen LogP contribution >= 0.6 is 23.2 Å². The van der Waals surface area contributed by atoms with Gasteiger partial charge in [-0.15, -0.1) is 0 Å². The molecule has 2 aromatic carbocycles. The third kappa shape index (κ3) is 5.93. The van der Waals surface area contributed by atoms with Crippen LogP contribution in [0.2, 0.25) is 10.0 Å². The molecule has 2 aromatic rings. The molecule has 0 aromatic heterocycles. The predicted octanol–water partition coefficient (Wildman–Crippen LogP) is 4.84. The van der Waals surface area contributed by atoms with E-state index in [-0.39, 0.29) is 17.9 Å². The second kappa shape index (κ2) is 8.70. The van der Waals surface area contributed by atoms with Gasteiger partial charge in [-0.2, -0.15) is 0 Å². The molecule has 0 saturated carbocycles. The summed E-state index contributed by atoms with van der Waals surface area (Å²) in [5.74, 6) is -0.359. The minimum absolute atomic E-state index is 0.127. The summed E-state index contributed by atoms with van der Waals surface area (Å²) in [6, 6.07) is 12.1. The maximum Gasteiger partial charge on any atom is 0.244 e. The molecular weight excluding hydrogens is 359 g/mol. The smallest absolute Gasteiger partial charge is 0.244 e. The van der Waals surface area contributed by atoms with E-state index in [9.17, 15) is 9.59 Å². The second-order valence-electron chi connectivity index (χ2n) is 5.53. The number of carbonyl (C=O) groups excluding carboxylic acids is 2. The Morgan fingerprint density at radius 2 is 1.76 bits per heavy atom. The summed E-state index contributed by atoms with van der Waals surface area (Å²) in [5.41, 5.74) is 2.36. The van der Waals surface area contributed by atoms with Crippen molar-refractivity contribution in [2.45, 2.75) is 19.9 Å². The third-order valence-electron chi connectivity index (χ3n) is 3.45. The zero-order chi connectivity index (χ0) is 18.4. The Morgan fingerprint density at radius 3 is 2.36 bits per heavy atom. The van der Waals surface area contributed by atoms with Gasteiger partial charge < -0.3 is 10.6 Å². The van der Waals surface area contributed by atoms with Crippen molar-refractivity contribution in [3.05, 3.63) is 69.7 Å². The second-order valence-corrected chi connectivity index (χ2v) is 6.38. The highest BCUT2D eigenvalue weighted by atomic mass is 35.5. The van der Waals surface area contributed by atoms with Crippen LogP contribution in [0.1, 0.15) is 31.0 Å². The van der Waals surface area contributed by atoms with Gasteiger partial charge in [0.05, 0.1) is 6.04 Å². The normalized spacial score (nSPS) is 12.0. The molecule has 0 aliphatic heterocycles. The van der Waals surface area contributed by atoms with Gasteiger partial charge in [-0.1, -0.05) is 41.4 Å². The van der Waals surface area contributed by atoms with Gasteiger partial charge in [0.2, 0.25) is 11.8 Å². The number of benzene rings is 2. The van der Waals surface area contributed by atoms with E-state index in [1.807, 2.05) is 19.1 Å². The first kappa shape index (κ1) is 19.0. The van der Waals surface area contributed by atoms with E-state index in [0.29, 0.717) is 15.7 Å². The maximum atomic E-state index is 12.1. The van der Waals surface area contributed by atoms with Gasteiger partial charge >= 0.3 is 0 Å². The van der Waals surface area contributed by atoms with Gasteiger partial charge in [0.25, 0.3) is 0 Å². The van der Waals surface area contributed by atoms with E-state index in [1.54, 1.807) is 36.4 Å². The number of halogens is 2. The number of nitrogens with one attached hydrogen (secondary N) is 2. The fraction of sp³-hybridized carbons (Fsp3) is 0.158. The van der Waals surface area contributed by atoms with Gasteiger partial charge in [-0.25, -0.2) is 0 Å². The first-order chi connectivity index (χ1) is 11.8. The maximum absolute atomic E-state index is 12.1. The van der Waals surface area contributed by atoms with Gasteiger partial charge in [-0.3, -0.25) is 9.59 Å². The predicted molar refractivity (Wildman–Crippen MR) is 103 cm³/mol. The summed E-state index contributed by atoms with van der Waals surface area (Å²) in [6.07, 6.45) is 3.15. The Bertz CT molecular complexity index is 802. The zero-order valence-electron chi connectivity index (χ0n) is 13.8. The molecule has 0 spiro atoms. The molecule has 0 fully saturated rings. The molecule has 4 nitrogen and oxygen atoms in total. The Morgan fingerprint density at radius 1 is 1.08 bits per heavy atom. The van der Waals surface area contributed by atoms with Crippen molar-refractivity contribution in [2.24, 2.45) is 0 Å². The Hall–Kier alpha value is -2.30. The van der Waals surface area contributed by atoms with Crippen LogP contribution in [0.15, 0.2) is 48.5 Å². The van der Waals surface area contributed by atoms with Gasteiger partial charge in [-0.05, 0) is 48.4 Å². The number of hydrogen-bond acceptors (Lipinski definition) is 2. The Labute approximate surface area is 156 Å². The fourth-order valence-electron chi connectivity index (χ4n) is 2.24. The molecule has 6 heteroatoms. The molecule has 25 heavy (non-hydrogen) atoms. The lowest BCUT2D eigenvalue weighted by atomic mass is 10.1. The first-order valence-electron chi connectivity index (χ1n) is 7.66. The molecule has 1 atom stereocenters. The van der Waals surface area contributed by atoms with E-state index >= 15 is 0 Å². The molecule has 0 aliphatic carbocycles. The molecule has 1 unspecified atom stereocenters. The van der Waals surface area contributed by atoms with Gasteiger partial charge in [0.15, 0.2) is 0 Å². The summed E-state index contributed by atoms with van der Waals surface area (Å²) in [4.78, 5) is 23.0. The van der Waals surface area contributed by atoms with E-state index in [1.165, 1.54) is 13.0 Å². The minimum Gasteiger partial charge on any atom is -0.346 e. The lowest BCUT2D eigenvalue weighted by molar-refractivity contribution is -0.117. The summed E-state index contributed by atoms with van der Waals surface area (Å²) in [5, 5.41) is 6.60. The molecule has 0 heterocycles. The average Bonchev–Trinajstić information content (AvgIpc) is 2.53. The van der Waals surface area contributed by atoms with Gasteiger partial charge in [0.1, 0.15) is 0 Å². The van der Waals surface area contributed by atoms with E-state index in [2.05, 4.69) is 10.6 Å². The number of amides is 2. The van der Waals surface area contributed by atoms with Crippen molar-refractivity contribution in [3.63, 3.8) is 0 Å². The monoisotopic (exact) mass is 376 g/mol. The molecule has 130 valence electrons. The Kier molecular flexibility index (Phi) is 6.62. The topological polar surface area (TPSA) is 58.2 Å². The van der Waals surface area contributed by atoms with Crippen LogP contribution in [-0.2, 0) is 9.59 Å². The van der Waals surface area contributed by atoms with Crippen LogP contribution in [0.3, 0.4) is 0 Å². The fourth-order valence-corrected chi connectivity index (χ4v) is 2.82. The van der Waals surface area contributed by atoms with Crippen molar-refractivity contribution in [2.75, 3.05) is 5.32 Å². The molecule has 0 saturated heterocycles. The average molecular weight is 377 g/mol. The standard InChI is InChI=1S/C19H18Cl2N2O2/c1-12(17-9-6-15(20)11-18(17)21)22-19(25)10-5-14-3-7-16(8-4-14)23-13(2)24/h3-12H,1-2H3,(H,22,25)(H,23,24)/b10-5+. The molecule has 0 radical (unpaired) electrons. The quantitative estimate of drug-likeness (QED) is 0.733. The largest absolute Gasteiger partial charge is 0.346 e. The highest BCUT2D eigenvalue weighted by Gasteiger charge is 2.11. The summed E-state index contributed by atoms with van der Waals surface area (Å²) >= 11 is 12.0. The SMILES string of the molecule is CC(=O)Nc1ccc(/C=C/C(=O)NC(C)c2ccc(Cl)cc2Cl)cc1. The van der Waals surface area contributed by atoms with Crippen LogP contribution in [0, 0.1) is 0 Å². The number of carbonyl (C=O) groups is 2. The first-order valence-corrected chi connectivity index (χ1v) is 8.42. The van der Waals surface area contributed by atoms with Gasteiger partial charge in [0, 0.05) is 28.7 Å². The summed E-state index contributed by atoms with van der Waals surface area (Å²) < 4.78 is 0. The number of rotatable bonds is 5. The van der Waals surface area contributed by atoms with Crippen LogP contribution in [0.5, 0.6) is 0 Å². The minimum atomic E-state index is -0.246. The molecule has 2 amide bonds. The van der Waals surface area contributed by atoms with Crippen molar-refractivity contribution in [1.29, 1.82) is 0 Å². The highest BCUT2D eigenvalue weighted by molar-refractivity contribution is 6.35. The Balaban J connectivity index is 1.96. The number of hydrogen-bond donors (Lipinski definition) is 2. The zero-order valence-corrected chi connectivity index (χ0v) is 15.4. The highest BCUT2D eigenvalue weighted by Crippen LogP contribution is 2.26. The summed E-state index contributed by atoms with van der Waals surface area (Å²) in [6.45, 7) is 3.30. The van der Waals surface area contributed by atoms with Crippen LogP contribution in [-0.4, -0.2) is 11.8 Å². The number of anilines is 1. The van der Waals surface area contributed by atoms with Crippen molar-refractivity contribution < 1.29 is 9.59 Å². The lowest BCUT2D eigenvalue weighted by Crippen LogP contribution is -2.24. The van der Waals surface area contributed by atoms with Crippen LogP contribution in [0.4, 0.5) is 5.69 Å². The van der Waals surface area contributed by atoms with E-state index in [0.717, 1.165) is 11.1 Å². The van der Waals surface area contributed by atoms with E-state index in [4.69, 9.17) is 23.2 Å². The van der Waals surface area contributed by atoms with Crippen molar-refractivity contribution in [1.82, 2.24) is 5.32 Å². The molecular formula is C19H18Cl2N2O2. The lowest BCUT2D eigenvalue weighted by Gasteiger charge is -2.14. The molecule has 2 rings (SSSR count). The molecule has 0 aliphatic rings.